The van der Waals surface area contributed by atoms with Gasteiger partial charge in [0.25, 0.3) is 5.91 Å². The van der Waals surface area contributed by atoms with Gasteiger partial charge in [0.05, 0.1) is 5.01 Å². The lowest BCUT2D eigenvalue weighted by molar-refractivity contribution is -0.182. The average molecular weight is 454 g/mol. The van der Waals surface area contributed by atoms with Crippen LogP contribution >= 0.6 is 11.3 Å². The Kier molecular flexibility index (Phi) is 6.59. The lowest BCUT2D eigenvalue weighted by Gasteiger charge is -2.28. The molecule has 0 spiro atoms. The van der Waals surface area contributed by atoms with Crippen LogP contribution in [-0.2, 0) is 6.42 Å². The quantitative estimate of drug-likeness (QED) is 0.635. The molecule has 0 saturated heterocycles. The van der Waals surface area contributed by atoms with Crippen molar-refractivity contribution in [3.63, 3.8) is 0 Å². The first-order valence-electron chi connectivity index (χ1n) is 9.95. The van der Waals surface area contributed by atoms with E-state index in [-0.39, 0.29) is 5.69 Å². The Morgan fingerprint density at radius 3 is 2.61 bits per heavy atom. The molecule has 31 heavy (non-hydrogen) atoms. The first kappa shape index (κ1) is 23.1. The molecule has 2 aromatic rings. The number of rotatable bonds is 5. The van der Waals surface area contributed by atoms with Gasteiger partial charge >= 0.3 is 6.18 Å². The summed E-state index contributed by atoms with van der Waals surface area (Å²) in [5.41, 5.74) is 1.75. The standard InChI is InChI=1S/C21H26F3N5OS/c1-12-9-15(28-19-25-6-5-7-26-19)13(2)8-14(12)10-17-27-16(11-31-17)18(30)29-20(3,4)21(22,23)24/h8-9,11H,5-7,10H2,1-4H3,(H,29,30)(H2,25,26,28). The maximum Gasteiger partial charge on any atom is 0.410 e. The van der Waals surface area contributed by atoms with E-state index in [4.69, 9.17) is 0 Å². The monoisotopic (exact) mass is 453 g/mol. The second-order valence-corrected chi connectivity index (χ2v) is 9.05. The van der Waals surface area contributed by atoms with Crippen LogP contribution in [0.4, 0.5) is 18.9 Å². The summed E-state index contributed by atoms with van der Waals surface area (Å²) in [7, 11) is 0. The van der Waals surface area contributed by atoms with Crippen molar-refractivity contribution >= 4 is 28.9 Å². The number of alkyl halides is 3. The summed E-state index contributed by atoms with van der Waals surface area (Å²) in [6.45, 7) is 7.52. The van der Waals surface area contributed by atoms with E-state index >= 15 is 0 Å². The summed E-state index contributed by atoms with van der Waals surface area (Å²) >= 11 is 1.26. The third kappa shape index (κ3) is 5.55. The Morgan fingerprint density at radius 1 is 1.23 bits per heavy atom. The van der Waals surface area contributed by atoms with Crippen molar-refractivity contribution < 1.29 is 18.0 Å². The maximum absolute atomic E-state index is 13.0. The van der Waals surface area contributed by atoms with Gasteiger partial charge in [-0.2, -0.15) is 13.2 Å². The fraction of sp³-hybridized carbons (Fsp3) is 0.476. The number of amides is 1. The highest BCUT2D eigenvalue weighted by Crippen LogP contribution is 2.30. The van der Waals surface area contributed by atoms with Crippen LogP contribution in [0.2, 0.25) is 0 Å². The Morgan fingerprint density at radius 2 is 1.97 bits per heavy atom. The summed E-state index contributed by atoms with van der Waals surface area (Å²) in [6.07, 6.45) is -3.04. The minimum absolute atomic E-state index is 0.00799. The second-order valence-electron chi connectivity index (χ2n) is 8.11. The van der Waals surface area contributed by atoms with Crippen molar-refractivity contribution in [2.75, 3.05) is 18.4 Å². The summed E-state index contributed by atoms with van der Waals surface area (Å²) in [6, 6.07) is 4.09. The molecule has 6 nitrogen and oxygen atoms in total. The number of hydrogen-bond acceptors (Lipinski definition) is 6. The molecule has 0 unspecified atom stereocenters. The van der Waals surface area contributed by atoms with E-state index in [9.17, 15) is 18.0 Å². The molecule has 10 heteroatoms. The van der Waals surface area contributed by atoms with Crippen LogP contribution in [0.15, 0.2) is 22.5 Å². The Labute approximate surface area is 183 Å². The van der Waals surface area contributed by atoms with E-state index in [0.29, 0.717) is 11.4 Å². The highest BCUT2D eigenvalue weighted by molar-refractivity contribution is 7.09. The van der Waals surface area contributed by atoms with Crippen molar-refractivity contribution in [2.45, 2.75) is 52.3 Å². The van der Waals surface area contributed by atoms with Crippen molar-refractivity contribution in [3.05, 3.63) is 44.9 Å². The van der Waals surface area contributed by atoms with Gasteiger partial charge in [0.1, 0.15) is 11.2 Å². The van der Waals surface area contributed by atoms with E-state index in [1.807, 2.05) is 25.2 Å². The van der Waals surface area contributed by atoms with Gasteiger partial charge in [0, 0.05) is 30.6 Å². The fourth-order valence-corrected chi connectivity index (χ4v) is 3.82. The van der Waals surface area contributed by atoms with Gasteiger partial charge in [-0.15, -0.1) is 11.3 Å². The number of carbonyl (C=O) groups is 1. The van der Waals surface area contributed by atoms with Crippen molar-refractivity contribution in [1.29, 1.82) is 0 Å². The highest BCUT2D eigenvalue weighted by atomic mass is 32.1. The second kappa shape index (κ2) is 8.86. The molecule has 3 N–H and O–H groups in total. The third-order valence-corrected chi connectivity index (χ3v) is 5.94. The number of anilines is 1. The van der Waals surface area contributed by atoms with Crippen molar-refractivity contribution in [1.82, 2.24) is 15.6 Å². The number of carbonyl (C=O) groups excluding carboxylic acids is 1. The molecule has 0 bridgehead atoms. The van der Waals surface area contributed by atoms with Gasteiger partial charge in [-0.25, -0.2) is 4.98 Å². The van der Waals surface area contributed by atoms with Crippen LogP contribution in [0.5, 0.6) is 0 Å². The lowest BCUT2D eigenvalue weighted by Crippen LogP contribution is -2.54. The minimum Gasteiger partial charge on any atom is -0.356 e. The number of guanidine groups is 1. The number of aryl methyl sites for hydroxylation is 2. The zero-order valence-corrected chi connectivity index (χ0v) is 18.7. The molecule has 1 aliphatic rings. The van der Waals surface area contributed by atoms with Crippen molar-refractivity contribution in [2.24, 2.45) is 4.99 Å². The van der Waals surface area contributed by atoms with Crippen LogP contribution in [0.25, 0.3) is 0 Å². The summed E-state index contributed by atoms with van der Waals surface area (Å²) in [5, 5.41) is 10.7. The molecule has 0 atom stereocenters. The van der Waals surface area contributed by atoms with E-state index in [1.165, 1.54) is 16.7 Å². The summed E-state index contributed by atoms with van der Waals surface area (Å²) < 4.78 is 39.0. The molecule has 3 rings (SSSR count). The Balaban J connectivity index is 1.71. The number of aliphatic imine (C=N–C) groups is 1. The first-order chi connectivity index (χ1) is 14.5. The number of nitrogens with zero attached hydrogens (tertiary/aromatic N) is 2. The number of nitrogens with one attached hydrogen (secondary N) is 3. The van der Waals surface area contributed by atoms with E-state index < -0.39 is 17.6 Å². The maximum atomic E-state index is 13.0. The molecule has 0 fully saturated rings. The zero-order valence-electron chi connectivity index (χ0n) is 17.9. The van der Waals surface area contributed by atoms with E-state index in [2.05, 4.69) is 26.7 Å². The number of benzene rings is 1. The van der Waals surface area contributed by atoms with Crippen LogP contribution in [0, 0.1) is 13.8 Å². The molecule has 1 amide bonds. The molecule has 1 aromatic heterocycles. The zero-order chi connectivity index (χ0) is 22.8. The SMILES string of the molecule is Cc1cc(NC2=NCCCN2)c(C)cc1Cc1nc(C(=O)NC(C)(C)C(F)(F)F)cs1. The number of aromatic nitrogens is 1. The topological polar surface area (TPSA) is 78.4 Å². The normalized spacial score (nSPS) is 14.6. The fourth-order valence-electron chi connectivity index (χ4n) is 3.02. The predicted molar refractivity (Wildman–Crippen MR) is 117 cm³/mol. The molecule has 0 radical (unpaired) electrons. The van der Waals surface area contributed by atoms with E-state index in [0.717, 1.165) is 61.7 Å². The van der Waals surface area contributed by atoms with Crippen LogP contribution in [0.1, 0.15) is 52.5 Å². The van der Waals surface area contributed by atoms with Crippen molar-refractivity contribution in [3.8, 4) is 0 Å². The number of hydrogen-bond donors (Lipinski definition) is 3. The minimum atomic E-state index is -4.55. The van der Waals surface area contributed by atoms with Gasteiger partial charge in [-0.1, -0.05) is 6.07 Å². The third-order valence-electron chi connectivity index (χ3n) is 5.09. The van der Waals surface area contributed by atoms with Crippen LogP contribution in [0.3, 0.4) is 0 Å². The summed E-state index contributed by atoms with van der Waals surface area (Å²) in [4.78, 5) is 20.9. The highest BCUT2D eigenvalue weighted by Gasteiger charge is 2.48. The largest absolute Gasteiger partial charge is 0.410 e. The predicted octanol–water partition coefficient (Wildman–Crippen LogP) is 4.18. The van der Waals surface area contributed by atoms with Crippen LogP contribution in [-0.4, -0.2) is 41.7 Å². The Hall–Kier alpha value is -2.62. The smallest absolute Gasteiger partial charge is 0.356 e. The van der Waals surface area contributed by atoms with Gasteiger partial charge in [-0.3, -0.25) is 9.79 Å². The number of halogens is 3. The molecule has 168 valence electrons. The lowest BCUT2D eigenvalue weighted by atomic mass is 10.0. The average Bonchev–Trinajstić information content (AvgIpc) is 3.14. The first-order valence-corrected chi connectivity index (χ1v) is 10.8. The molecule has 1 aromatic carbocycles. The molecular formula is C21H26F3N5OS. The molecule has 2 heterocycles. The van der Waals surface area contributed by atoms with Gasteiger partial charge < -0.3 is 16.0 Å². The summed E-state index contributed by atoms with van der Waals surface area (Å²) in [5.74, 6) is -0.0723. The van der Waals surface area contributed by atoms with Gasteiger partial charge in [0.2, 0.25) is 0 Å². The molecule has 0 saturated carbocycles. The molecular weight excluding hydrogens is 427 g/mol. The van der Waals surface area contributed by atoms with Crippen LogP contribution < -0.4 is 16.0 Å². The van der Waals surface area contributed by atoms with Gasteiger partial charge in [-0.05, 0) is 56.9 Å². The van der Waals surface area contributed by atoms with Gasteiger partial charge in [0.15, 0.2) is 5.96 Å². The number of thiazole rings is 1. The van der Waals surface area contributed by atoms with E-state index in [1.54, 1.807) is 0 Å². The molecule has 0 aliphatic carbocycles. The Bertz CT molecular complexity index is 997. The molecule has 1 aliphatic heterocycles.